The Morgan fingerprint density at radius 2 is 1.68 bits per heavy atom. The van der Waals surface area contributed by atoms with E-state index in [2.05, 4.69) is 48.4 Å². The second-order valence-corrected chi connectivity index (χ2v) is 6.22. The average molecular weight is 337 g/mol. The standard InChI is InChI=1S/C19H19N3O3/c1-13(2)11-14-3-5-15(6-4-14)16-7-9-17(10-8-16)25-22-12-18(19(23)24)20-21-22/h3-10,12-13H,11H2,1-2H3,(H,23,24). The van der Waals surface area contributed by atoms with Gasteiger partial charge < -0.3 is 9.94 Å². The van der Waals surface area contributed by atoms with Crippen molar-refractivity contribution in [2.45, 2.75) is 20.3 Å². The lowest BCUT2D eigenvalue weighted by atomic mass is 9.99. The minimum Gasteiger partial charge on any atom is -0.476 e. The highest BCUT2D eigenvalue weighted by Gasteiger charge is 2.09. The zero-order chi connectivity index (χ0) is 17.8. The van der Waals surface area contributed by atoms with Crippen LogP contribution in [0.3, 0.4) is 0 Å². The van der Waals surface area contributed by atoms with E-state index in [0.717, 1.165) is 22.4 Å². The van der Waals surface area contributed by atoms with Crippen LogP contribution in [-0.2, 0) is 6.42 Å². The first kappa shape index (κ1) is 16.7. The Morgan fingerprint density at radius 1 is 1.08 bits per heavy atom. The first-order valence-electron chi connectivity index (χ1n) is 8.04. The molecule has 128 valence electrons. The molecular formula is C19H19N3O3. The molecule has 1 aromatic heterocycles. The first-order valence-corrected chi connectivity index (χ1v) is 8.04. The lowest BCUT2D eigenvalue weighted by Gasteiger charge is -2.08. The minimum atomic E-state index is -1.15. The van der Waals surface area contributed by atoms with E-state index in [1.165, 1.54) is 11.8 Å². The van der Waals surface area contributed by atoms with Crippen LogP contribution >= 0.6 is 0 Å². The molecule has 0 saturated carbocycles. The lowest BCUT2D eigenvalue weighted by Crippen LogP contribution is -2.05. The Balaban J connectivity index is 1.70. The van der Waals surface area contributed by atoms with Crippen LogP contribution in [0.2, 0.25) is 0 Å². The Hall–Kier alpha value is -3.15. The third-order valence-corrected chi connectivity index (χ3v) is 3.68. The molecule has 25 heavy (non-hydrogen) atoms. The van der Waals surface area contributed by atoms with Crippen LogP contribution in [0.4, 0.5) is 0 Å². The molecule has 6 heteroatoms. The van der Waals surface area contributed by atoms with Crippen molar-refractivity contribution in [1.82, 2.24) is 15.2 Å². The lowest BCUT2D eigenvalue weighted by molar-refractivity contribution is 0.0690. The molecule has 2 aromatic carbocycles. The summed E-state index contributed by atoms with van der Waals surface area (Å²) in [7, 11) is 0. The molecular weight excluding hydrogens is 318 g/mol. The van der Waals surface area contributed by atoms with Crippen molar-refractivity contribution in [3.05, 3.63) is 66.0 Å². The smallest absolute Gasteiger partial charge is 0.358 e. The number of benzene rings is 2. The summed E-state index contributed by atoms with van der Waals surface area (Å²) in [5, 5.41) is 15.9. The van der Waals surface area contributed by atoms with E-state index in [9.17, 15) is 4.79 Å². The summed E-state index contributed by atoms with van der Waals surface area (Å²) in [6.07, 6.45) is 2.28. The van der Waals surface area contributed by atoms with Crippen molar-refractivity contribution in [3.8, 4) is 16.9 Å². The van der Waals surface area contributed by atoms with Gasteiger partial charge in [-0.15, -0.1) is 5.10 Å². The molecule has 0 bridgehead atoms. The number of aromatic nitrogens is 3. The molecule has 3 rings (SSSR count). The highest BCUT2D eigenvalue weighted by molar-refractivity contribution is 5.84. The number of rotatable bonds is 6. The third kappa shape index (κ3) is 4.23. The summed E-state index contributed by atoms with van der Waals surface area (Å²) in [6, 6.07) is 16.0. The number of carboxylic acid groups (broad SMARTS) is 1. The van der Waals surface area contributed by atoms with Crippen LogP contribution < -0.4 is 4.84 Å². The van der Waals surface area contributed by atoms with Gasteiger partial charge in [0.25, 0.3) is 0 Å². The maximum absolute atomic E-state index is 10.8. The summed E-state index contributed by atoms with van der Waals surface area (Å²) in [4.78, 5) is 17.2. The molecule has 3 aromatic rings. The zero-order valence-electron chi connectivity index (χ0n) is 14.1. The van der Waals surface area contributed by atoms with Crippen molar-refractivity contribution in [3.63, 3.8) is 0 Å². The summed E-state index contributed by atoms with van der Waals surface area (Å²) < 4.78 is 0. The van der Waals surface area contributed by atoms with E-state index < -0.39 is 5.97 Å². The molecule has 0 fully saturated rings. The molecule has 0 aliphatic carbocycles. The molecule has 1 heterocycles. The normalized spacial score (nSPS) is 10.8. The topological polar surface area (TPSA) is 77.2 Å². The molecule has 0 aliphatic heterocycles. The second-order valence-electron chi connectivity index (χ2n) is 6.22. The van der Waals surface area contributed by atoms with E-state index in [0.29, 0.717) is 11.7 Å². The van der Waals surface area contributed by atoms with E-state index in [1.54, 1.807) is 12.1 Å². The van der Waals surface area contributed by atoms with E-state index >= 15 is 0 Å². The molecule has 0 saturated heterocycles. The number of aromatic carboxylic acids is 1. The van der Waals surface area contributed by atoms with E-state index in [4.69, 9.17) is 9.94 Å². The van der Waals surface area contributed by atoms with Crippen molar-refractivity contribution in [2.75, 3.05) is 0 Å². The third-order valence-electron chi connectivity index (χ3n) is 3.68. The fourth-order valence-corrected chi connectivity index (χ4v) is 2.51. The van der Waals surface area contributed by atoms with Crippen molar-refractivity contribution >= 4 is 5.97 Å². The molecule has 0 atom stereocenters. The number of nitrogens with zero attached hydrogens (tertiary/aromatic N) is 3. The Morgan fingerprint density at radius 3 is 2.20 bits per heavy atom. The van der Waals surface area contributed by atoms with Crippen molar-refractivity contribution < 1.29 is 14.7 Å². The number of carboxylic acids is 1. The Kier molecular flexibility index (Phi) is 4.79. The zero-order valence-corrected chi connectivity index (χ0v) is 14.1. The molecule has 0 unspecified atom stereocenters. The van der Waals surface area contributed by atoms with Gasteiger partial charge in [-0.25, -0.2) is 4.79 Å². The SMILES string of the molecule is CC(C)Cc1ccc(-c2ccc(On3cc(C(=O)O)nn3)cc2)cc1. The van der Waals surface area contributed by atoms with Crippen LogP contribution in [0.5, 0.6) is 5.75 Å². The summed E-state index contributed by atoms with van der Waals surface area (Å²) >= 11 is 0. The second kappa shape index (κ2) is 7.17. The molecule has 0 spiro atoms. The highest BCUT2D eigenvalue weighted by atomic mass is 16.7. The predicted octanol–water partition coefficient (Wildman–Crippen LogP) is 3.68. The molecule has 0 radical (unpaired) electrons. The van der Waals surface area contributed by atoms with E-state index in [-0.39, 0.29) is 5.69 Å². The van der Waals surface area contributed by atoms with Gasteiger partial charge in [0.15, 0.2) is 11.4 Å². The fraction of sp³-hybridized carbons (Fsp3) is 0.211. The van der Waals surface area contributed by atoms with Gasteiger partial charge in [0.2, 0.25) is 0 Å². The van der Waals surface area contributed by atoms with Gasteiger partial charge >= 0.3 is 5.97 Å². The maximum atomic E-state index is 10.8. The number of carbonyl (C=O) groups is 1. The fourth-order valence-electron chi connectivity index (χ4n) is 2.51. The van der Waals surface area contributed by atoms with Gasteiger partial charge in [-0.2, -0.15) is 0 Å². The highest BCUT2D eigenvalue weighted by Crippen LogP contribution is 2.23. The van der Waals surface area contributed by atoms with Crippen LogP contribution in [0.25, 0.3) is 11.1 Å². The van der Waals surface area contributed by atoms with Gasteiger partial charge in [-0.05, 0) is 46.4 Å². The minimum absolute atomic E-state index is 0.168. The van der Waals surface area contributed by atoms with Crippen LogP contribution in [0, 0.1) is 5.92 Å². The Bertz CT molecular complexity index is 852. The van der Waals surface area contributed by atoms with Crippen LogP contribution in [0.15, 0.2) is 54.7 Å². The van der Waals surface area contributed by atoms with Crippen LogP contribution in [-0.4, -0.2) is 26.2 Å². The maximum Gasteiger partial charge on any atom is 0.358 e. The van der Waals surface area contributed by atoms with E-state index in [1.807, 2.05) is 12.1 Å². The number of hydrogen-bond acceptors (Lipinski definition) is 4. The largest absolute Gasteiger partial charge is 0.476 e. The molecule has 0 aliphatic rings. The predicted molar refractivity (Wildman–Crippen MR) is 93.4 cm³/mol. The van der Waals surface area contributed by atoms with Gasteiger partial charge in [0, 0.05) is 0 Å². The van der Waals surface area contributed by atoms with Gasteiger partial charge in [0.1, 0.15) is 6.20 Å². The van der Waals surface area contributed by atoms with Gasteiger partial charge in [-0.3, -0.25) is 0 Å². The molecule has 6 nitrogen and oxygen atoms in total. The van der Waals surface area contributed by atoms with Crippen LogP contribution in [0.1, 0.15) is 29.9 Å². The number of hydrogen-bond donors (Lipinski definition) is 1. The van der Waals surface area contributed by atoms with Crippen molar-refractivity contribution in [1.29, 1.82) is 0 Å². The summed E-state index contributed by atoms with van der Waals surface area (Å²) in [5.74, 6) is 0.0360. The van der Waals surface area contributed by atoms with Gasteiger partial charge in [-0.1, -0.05) is 55.1 Å². The average Bonchev–Trinajstić information content (AvgIpc) is 3.05. The quantitative estimate of drug-likeness (QED) is 0.742. The van der Waals surface area contributed by atoms with Crippen molar-refractivity contribution in [2.24, 2.45) is 5.92 Å². The van der Waals surface area contributed by atoms with Gasteiger partial charge in [0.05, 0.1) is 0 Å². The summed E-state index contributed by atoms with van der Waals surface area (Å²) in [5.41, 5.74) is 3.37. The monoisotopic (exact) mass is 337 g/mol. The summed E-state index contributed by atoms with van der Waals surface area (Å²) in [6.45, 7) is 4.42. The molecule has 0 amide bonds. The first-order chi connectivity index (χ1) is 12.0. The molecule has 1 N–H and O–H groups in total. The Labute approximate surface area is 145 Å².